The van der Waals surface area contributed by atoms with E-state index in [0.29, 0.717) is 12.3 Å². The number of rotatable bonds is 7. The minimum atomic E-state index is -0.632. The molecule has 6 aromatic rings. The van der Waals surface area contributed by atoms with Gasteiger partial charge in [0.25, 0.3) is 0 Å². The number of furan rings is 1. The average molecular weight is 479 g/mol. The van der Waals surface area contributed by atoms with Gasteiger partial charge in [0.05, 0.1) is 47.5 Å². The maximum atomic E-state index is 10.3. The number of H-pyrrole nitrogens is 2. The second kappa shape index (κ2) is 8.98. The molecule has 0 spiro atoms. The summed E-state index contributed by atoms with van der Waals surface area (Å²) in [5.41, 5.74) is 8.10. The molecular formula is C28H26N6O2. The molecule has 0 saturated carbocycles. The fraction of sp³-hybridized carbons (Fsp3) is 0.179. The third kappa shape index (κ3) is 4.12. The van der Waals surface area contributed by atoms with Gasteiger partial charge in [-0.05, 0) is 48.2 Å². The summed E-state index contributed by atoms with van der Waals surface area (Å²) in [7, 11) is 0. The predicted octanol–water partition coefficient (Wildman–Crippen LogP) is 6.20. The van der Waals surface area contributed by atoms with Crippen molar-refractivity contribution in [3.63, 3.8) is 0 Å². The van der Waals surface area contributed by atoms with Crippen molar-refractivity contribution in [1.29, 1.82) is 0 Å². The molecule has 1 unspecified atom stereocenters. The fourth-order valence-electron chi connectivity index (χ4n) is 4.59. The Labute approximate surface area is 207 Å². The summed E-state index contributed by atoms with van der Waals surface area (Å²) >= 11 is 0. The van der Waals surface area contributed by atoms with Gasteiger partial charge in [-0.2, -0.15) is 5.10 Å². The summed E-state index contributed by atoms with van der Waals surface area (Å²) in [5, 5.41) is 23.1. The second-order valence-electron chi connectivity index (χ2n) is 9.40. The number of aromatic amines is 2. The number of aliphatic hydroxyl groups excluding tert-OH is 1. The van der Waals surface area contributed by atoms with E-state index in [1.807, 2.05) is 24.3 Å². The molecule has 4 N–H and O–H groups in total. The summed E-state index contributed by atoms with van der Waals surface area (Å²) in [6.45, 7) is 4.15. The number of nitrogens with one attached hydrogen (secondary N) is 3. The highest BCUT2D eigenvalue weighted by Gasteiger charge is 2.15. The van der Waals surface area contributed by atoms with Crippen LogP contribution in [0.5, 0.6) is 0 Å². The normalized spacial score (nSPS) is 12.6. The maximum Gasteiger partial charge on any atom is 0.124 e. The summed E-state index contributed by atoms with van der Waals surface area (Å²) in [6, 6.07) is 14.2. The lowest BCUT2D eigenvalue weighted by atomic mass is 10.0. The van der Waals surface area contributed by atoms with E-state index in [4.69, 9.17) is 4.42 Å². The minimum Gasteiger partial charge on any atom is -0.472 e. The van der Waals surface area contributed by atoms with Crippen LogP contribution in [0.25, 0.3) is 55.6 Å². The van der Waals surface area contributed by atoms with Crippen molar-refractivity contribution in [3.05, 3.63) is 73.6 Å². The summed E-state index contributed by atoms with van der Waals surface area (Å²) in [5.74, 6) is 0.382. The van der Waals surface area contributed by atoms with E-state index in [9.17, 15) is 5.11 Å². The molecule has 0 fully saturated rings. The van der Waals surface area contributed by atoms with Crippen molar-refractivity contribution < 1.29 is 9.52 Å². The van der Waals surface area contributed by atoms with Crippen molar-refractivity contribution in [2.75, 3.05) is 5.32 Å². The SMILES string of the molecule is CC(C)CC(O)Nc1cncc(-c2cc3c(-c4cc5c(-c6ccoc6)cccc5[nH]4)n[nH]c3cn2)c1. The topological polar surface area (TPSA) is 116 Å². The van der Waals surface area contributed by atoms with E-state index < -0.39 is 6.23 Å². The van der Waals surface area contributed by atoms with Gasteiger partial charge in [0.15, 0.2) is 0 Å². The number of aromatic nitrogens is 5. The van der Waals surface area contributed by atoms with Crippen LogP contribution in [0.2, 0.25) is 0 Å². The molecule has 1 aromatic carbocycles. The van der Waals surface area contributed by atoms with Crippen molar-refractivity contribution in [1.82, 2.24) is 25.1 Å². The highest BCUT2D eigenvalue weighted by molar-refractivity contribution is 6.01. The van der Waals surface area contributed by atoms with E-state index >= 15 is 0 Å². The Bertz CT molecular complexity index is 1650. The number of aliphatic hydroxyl groups is 1. The number of pyridine rings is 2. The largest absolute Gasteiger partial charge is 0.472 e. The highest BCUT2D eigenvalue weighted by Crippen LogP contribution is 2.35. The Morgan fingerprint density at radius 2 is 1.92 bits per heavy atom. The van der Waals surface area contributed by atoms with Crippen LogP contribution in [-0.4, -0.2) is 36.5 Å². The van der Waals surface area contributed by atoms with Gasteiger partial charge in [0, 0.05) is 33.6 Å². The smallest absolute Gasteiger partial charge is 0.124 e. The predicted molar refractivity (Wildman–Crippen MR) is 141 cm³/mol. The van der Waals surface area contributed by atoms with Crippen LogP contribution in [-0.2, 0) is 0 Å². The quantitative estimate of drug-likeness (QED) is 0.203. The molecule has 5 heterocycles. The lowest BCUT2D eigenvalue weighted by Gasteiger charge is -2.16. The molecule has 0 saturated heterocycles. The first-order valence-corrected chi connectivity index (χ1v) is 11.9. The maximum absolute atomic E-state index is 10.3. The Balaban J connectivity index is 1.37. The van der Waals surface area contributed by atoms with Crippen molar-refractivity contribution in [2.24, 2.45) is 5.92 Å². The number of fused-ring (bicyclic) bond motifs is 2. The molecule has 8 nitrogen and oxygen atoms in total. The molecular weight excluding hydrogens is 452 g/mol. The minimum absolute atomic E-state index is 0.382. The van der Waals surface area contributed by atoms with E-state index in [2.05, 4.69) is 62.5 Å². The fourth-order valence-corrected chi connectivity index (χ4v) is 4.59. The number of nitrogens with zero attached hydrogens (tertiary/aromatic N) is 3. The van der Waals surface area contributed by atoms with Crippen LogP contribution >= 0.6 is 0 Å². The van der Waals surface area contributed by atoms with Crippen molar-refractivity contribution in [3.8, 4) is 33.8 Å². The Morgan fingerprint density at radius 1 is 1.00 bits per heavy atom. The monoisotopic (exact) mass is 478 g/mol. The molecule has 0 aliphatic heterocycles. The molecule has 5 aromatic heterocycles. The molecule has 8 heteroatoms. The summed E-state index contributed by atoms with van der Waals surface area (Å²) in [6.07, 6.45) is 8.72. The number of hydrogen-bond acceptors (Lipinski definition) is 6. The van der Waals surface area contributed by atoms with Gasteiger partial charge >= 0.3 is 0 Å². The van der Waals surface area contributed by atoms with Gasteiger partial charge in [-0.25, -0.2) is 0 Å². The number of benzene rings is 1. The lowest BCUT2D eigenvalue weighted by molar-refractivity contribution is 0.176. The molecule has 180 valence electrons. The number of anilines is 1. The highest BCUT2D eigenvalue weighted by atomic mass is 16.3. The molecule has 0 aliphatic rings. The second-order valence-corrected chi connectivity index (χ2v) is 9.40. The van der Waals surface area contributed by atoms with Gasteiger partial charge in [-0.15, -0.1) is 0 Å². The Morgan fingerprint density at radius 3 is 2.75 bits per heavy atom. The van der Waals surface area contributed by atoms with Gasteiger partial charge in [-0.3, -0.25) is 15.1 Å². The average Bonchev–Trinajstić information content (AvgIpc) is 3.62. The zero-order chi connectivity index (χ0) is 24.6. The van der Waals surface area contributed by atoms with Gasteiger partial charge in [-0.1, -0.05) is 26.0 Å². The molecule has 0 amide bonds. The molecule has 6 rings (SSSR count). The molecule has 0 bridgehead atoms. The van der Waals surface area contributed by atoms with Crippen LogP contribution in [0.3, 0.4) is 0 Å². The first kappa shape index (κ1) is 22.1. The molecule has 0 radical (unpaired) electrons. The van der Waals surface area contributed by atoms with E-state index in [-0.39, 0.29) is 0 Å². The number of hydrogen-bond donors (Lipinski definition) is 4. The first-order chi connectivity index (χ1) is 17.5. The van der Waals surface area contributed by atoms with E-state index in [1.54, 1.807) is 31.1 Å². The van der Waals surface area contributed by atoms with Crippen LogP contribution in [0.15, 0.2) is 78.0 Å². The first-order valence-electron chi connectivity index (χ1n) is 11.9. The Hall–Kier alpha value is -4.43. The van der Waals surface area contributed by atoms with E-state index in [0.717, 1.165) is 61.3 Å². The standard InChI is InChI=1S/C28H26N6O2/c1-16(2)8-27(35)31-19-9-18(12-29-13-19)24-11-22-26(14-30-24)33-34-28(22)25-10-21-20(17-6-7-36-15-17)4-3-5-23(21)32-25/h3-7,9-16,27,31-32,35H,8H2,1-2H3,(H,33,34). The van der Waals surface area contributed by atoms with Crippen LogP contribution < -0.4 is 5.32 Å². The Kier molecular flexibility index (Phi) is 5.50. The van der Waals surface area contributed by atoms with Gasteiger partial charge in [0.2, 0.25) is 0 Å². The zero-order valence-electron chi connectivity index (χ0n) is 20.0. The zero-order valence-corrected chi connectivity index (χ0v) is 20.0. The molecule has 1 atom stereocenters. The van der Waals surface area contributed by atoms with Gasteiger partial charge in [0.1, 0.15) is 11.9 Å². The van der Waals surface area contributed by atoms with Crippen molar-refractivity contribution >= 4 is 27.5 Å². The third-order valence-corrected chi connectivity index (χ3v) is 6.26. The van der Waals surface area contributed by atoms with Crippen molar-refractivity contribution in [2.45, 2.75) is 26.5 Å². The van der Waals surface area contributed by atoms with Gasteiger partial charge < -0.3 is 19.8 Å². The van der Waals surface area contributed by atoms with E-state index in [1.165, 1.54) is 0 Å². The van der Waals surface area contributed by atoms with Crippen LogP contribution in [0.1, 0.15) is 20.3 Å². The molecule has 0 aliphatic carbocycles. The van der Waals surface area contributed by atoms with Crippen LogP contribution in [0.4, 0.5) is 5.69 Å². The van der Waals surface area contributed by atoms with Crippen LogP contribution in [0, 0.1) is 5.92 Å². The molecule has 36 heavy (non-hydrogen) atoms. The lowest BCUT2D eigenvalue weighted by Crippen LogP contribution is -2.20. The summed E-state index contributed by atoms with van der Waals surface area (Å²) in [4.78, 5) is 12.5. The summed E-state index contributed by atoms with van der Waals surface area (Å²) < 4.78 is 5.30. The third-order valence-electron chi connectivity index (χ3n) is 6.26.